The lowest BCUT2D eigenvalue weighted by Crippen LogP contribution is -2.40. The summed E-state index contributed by atoms with van der Waals surface area (Å²) >= 11 is 0. The van der Waals surface area contributed by atoms with Crippen molar-refractivity contribution in [1.82, 2.24) is 9.88 Å². The number of nitrogens with zero attached hydrogens (tertiary/aromatic N) is 2. The molecule has 5 N–H and O–H groups in total. The Labute approximate surface area is 106 Å². The number of nitrogen functional groups attached to an aromatic ring is 1. The van der Waals surface area contributed by atoms with E-state index < -0.39 is 0 Å². The molecule has 1 aromatic rings. The van der Waals surface area contributed by atoms with Gasteiger partial charge < -0.3 is 11.2 Å². The fourth-order valence-electron chi connectivity index (χ4n) is 2.29. The van der Waals surface area contributed by atoms with Gasteiger partial charge in [0.15, 0.2) is 0 Å². The predicted molar refractivity (Wildman–Crippen MR) is 69.2 cm³/mol. The topological polar surface area (TPSA) is 97.3 Å². The molecule has 1 fully saturated rings. The monoisotopic (exact) mass is 249 g/mol. The van der Waals surface area contributed by atoms with E-state index in [0.717, 1.165) is 38.0 Å². The Morgan fingerprint density at radius 3 is 3.00 bits per heavy atom. The highest BCUT2D eigenvalue weighted by Gasteiger charge is 2.23. The van der Waals surface area contributed by atoms with E-state index in [4.69, 9.17) is 11.6 Å². The van der Waals surface area contributed by atoms with Gasteiger partial charge in [0.05, 0.1) is 5.92 Å². The van der Waals surface area contributed by atoms with E-state index in [0.29, 0.717) is 5.82 Å². The van der Waals surface area contributed by atoms with Crippen LogP contribution in [0.5, 0.6) is 0 Å². The maximum atomic E-state index is 11.2. The highest BCUT2D eigenvalue weighted by molar-refractivity contribution is 5.76. The van der Waals surface area contributed by atoms with Crippen LogP contribution in [0.4, 0.5) is 5.82 Å². The number of anilines is 1. The van der Waals surface area contributed by atoms with Gasteiger partial charge in [0, 0.05) is 19.3 Å². The summed E-state index contributed by atoms with van der Waals surface area (Å²) < 4.78 is 0. The van der Waals surface area contributed by atoms with Gasteiger partial charge in [-0.1, -0.05) is 6.07 Å². The van der Waals surface area contributed by atoms with E-state index in [-0.39, 0.29) is 11.8 Å². The number of hydrazine groups is 1. The third-order valence-corrected chi connectivity index (χ3v) is 3.29. The normalized spacial score (nSPS) is 20.6. The van der Waals surface area contributed by atoms with Crippen LogP contribution < -0.4 is 17.0 Å². The fourth-order valence-corrected chi connectivity index (χ4v) is 2.29. The largest absolute Gasteiger partial charge is 0.369 e. The molecule has 6 nitrogen and oxygen atoms in total. The van der Waals surface area contributed by atoms with Gasteiger partial charge >= 0.3 is 0 Å². The molecule has 1 aliphatic rings. The molecule has 0 bridgehead atoms. The van der Waals surface area contributed by atoms with Crippen molar-refractivity contribution in [3.8, 4) is 0 Å². The van der Waals surface area contributed by atoms with Crippen molar-refractivity contribution < 1.29 is 4.79 Å². The molecule has 2 rings (SSSR count). The van der Waals surface area contributed by atoms with Crippen molar-refractivity contribution in [3.05, 3.63) is 23.9 Å². The van der Waals surface area contributed by atoms with Gasteiger partial charge in [-0.15, -0.1) is 0 Å². The van der Waals surface area contributed by atoms with Crippen molar-refractivity contribution in [1.29, 1.82) is 0 Å². The van der Waals surface area contributed by atoms with Gasteiger partial charge in [-0.25, -0.2) is 10.8 Å². The van der Waals surface area contributed by atoms with E-state index in [2.05, 4.69) is 15.3 Å². The zero-order valence-corrected chi connectivity index (χ0v) is 10.3. The summed E-state index contributed by atoms with van der Waals surface area (Å²) in [6.07, 6.45) is 3.71. The van der Waals surface area contributed by atoms with Gasteiger partial charge in [-0.05, 0) is 31.0 Å². The first kappa shape index (κ1) is 12.8. The fraction of sp³-hybridized carbons (Fsp3) is 0.500. The second-order valence-corrected chi connectivity index (χ2v) is 4.67. The maximum Gasteiger partial charge on any atom is 0.221 e. The molecule has 18 heavy (non-hydrogen) atoms. The van der Waals surface area contributed by atoms with Crippen molar-refractivity contribution in [2.45, 2.75) is 19.4 Å². The third kappa shape index (κ3) is 3.18. The summed E-state index contributed by atoms with van der Waals surface area (Å²) in [5.74, 6) is 5.70. The molecule has 1 amide bonds. The number of hydrogen-bond donors (Lipinski definition) is 3. The van der Waals surface area contributed by atoms with Crippen molar-refractivity contribution >= 4 is 11.7 Å². The van der Waals surface area contributed by atoms with Crippen molar-refractivity contribution in [2.24, 2.45) is 17.5 Å². The van der Waals surface area contributed by atoms with E-state index in [1.807, 2.05) is 12.1 Å². The molecular formula is C12H19N5O. The number of amides is 1. The Balaban J connectivity index is 1.93. The number of hydrogen-bond acceptors (Lipinski definition) is 5. The van der Waals surface area contributed by atoms with E-state index >= 15 is 0 Å². The van der Waals surface area contributed by atoms with Gasteiger partial charge in [0.1, 0.15) is 5.82 Å². The Bertz CT molecular complexity index is 405. The van der Waals surface area contributed by atoms with Crippen LogP contribution in [0.25, 0.3) is 0 Å². The molecule has 2 heterocycles. The highest BCUT2D eigenvalue weighted by atomic mass is 16.1. The number of aromatic nitrogens is 1. The minimum absolute atomic E-state index is 0.0170. The molecule has 0 spiro atoms. The standard InChI is InChI=1S/C12H19N5O/c13-12(18)10-2-1-5-17(8-10)7-9-3-4-11(16-14)15-6-9/h3-4,6,10H,1-2,5,7-8,14H2,(H2,13,18)(H,15,16). The number of carbonyl (C=O) groups is 1. The quantitative estimate of drug-likeness (QED) is 0.518. The van der Waals surface area contributed by atoms with Gasteiger partial charge in [0.25, 0.3) is 0 Å². The lowest BCUT2D eigenvalue weighted by atomic mass is 9.97. The number of pyridine rings is 1. The average Bonchev–Trinajstić information content (AvgIpc) is 2.40. The highest BCUT2D eigenvalue weighted by Crippen LogP contribution is 2.18. The van der Waals surface area contributed by atoms with Crippen LogP contribution in [0.3, 0.4) is 0 Å². The first-order valence-corrected chi connectivity index (χ1v) is 6.12. The van der Waals surface area contributed by atoms with Gasteiger partial charge in [0.2, 0.25) is 5.91 Å². The summed E-state index contributed by atoms with van der Waals surface area (Å²) in [6, 6.07) is 3.82. The zero-order chi connectivity index (χ0) is 13.0. The first-order chi connectivity index (χ1) is 8.69. The molecule has 0 aliphatic carbocycles. The zero-order valence-electron chi connectivity index (χ0n) is 10.3. The Morgan fingerprint density at radius 1 is 1.56 bits per heavy atom. The molecule has 1 saturated heterocycles. The van der Waals surface area contributed by atoms with Crippen LogP contribution in [0.2, 0.25) is 0 Å². The average molecular weight is 249 g/mol. The van der Waals surface area contributed by atoms with Crippen LogP contribution in [0.15, 0.2) is 18.3 Å². The van der Waals surface area contributed by atoms with E-state index in [9.17, 15) is 4.79 Å². The molecular weight excluding hydrogens is 230 g/mol. The molecule has 98 valence electrons. The summed E-state index contributed by atoms with van der Waals surface area (Å²) in [7, 11) is 0. The van der Waals surface area contributed by atoms with E-state index in [1.165, 1.54) is 0 Å². The second kappa shape index (κ2) is 5.79. The minimum Gasteiger partial charge on any atom is -0.369 e. The molecule has 1 aromatic heterocycles. The number of primary amides is 1. The summed E-state index contributed by atoms with van der Waals surface area (Å²) in [6.45, 7) is 2.54. The van der Waals surface area contributed by atoms with E-state index in [1.54, 1.807) is 6.20 Å². The second-order valence-electron chi connectivity index (χ2n) is 4.67. The molecule has 1 aliphatic heterocycles. The summed E-state index contributed by atoms with van der Waals surface area (Å²) in [5.41, 5.74) is 8.96. The van der Waals surface area contributed by atoms with Gasteiger partial charge in [-0.3, -0.25) is 9.69 Å². The van der Waals surface area contributed by atoms with Crippen LogP contribution in [0, 0.1) is 5.92 Å². The van der Waals surface area contributed by atoms with Crippen LogP contribution in [-0.4, -0.2) is 28.9 Å². The number of nitrogens with two attached hydrogens (primary N) is 2. The van der Waals surface area contributed by atoms with Gasteiger partial charge in [-0.2, -0.15) is 0 Å². The number of rotatable bonds is 4. The number of carbonyl (C=O) groups excluding carboxylic acids is 1. The third-order valence-electron chi connectivity index (χ3n) is 3.29. The SMILES string of the molecule is NNc1ccc(CN2CCCC(C(N)=O)C2)cn1. The van der Waals surface area contributed by atoms with Crippen LogP contribution >= 0.6 is 0 Å². The molecule has 0 aromatic carbocycles. The summed E-state index contributed by atoms with van der Waals surface area (Å²) in [4.78, 5) is 17.6. The Hall–Kier alpha value is -1.66. The van der Waals surface area contributed by atoms with Crippen LogP contribution in [-0.2, 0) is 11.3 Å². The minimum atomic E-state index is -0.194. The maximum absolute atomic E-state index is 11.2. The number of likely N-dealkylation sites (tertiary alicyclic amines) is 1. The first-order valence-electron chi connectivity index (χ1n) is 6.12. The van der Waals surface area contributed by atoms with Crippen molar-refractivity contribution in [2.75, 3.05) is 18.5 Å². The molecule has 0 saturated carbocycles. The number of nitrogens with one attached hydrogen (secondary N) is 1. The predicted octanol–water partition coefficient (Wildman–Crippen LogP) is 0.0645. The van der Waals surface area contributed by atoms with Crippen molar-refractivity contribution in [3.63, 3.8) is 0 Å². The van der Waals surface area contributed by atoms with Crippen LogP contribution in [0.1, 0.15) is 18.4 Å². The lowest BCUT2D eigenvalue weighted by molar-refractivity contribution is -0.123. The summed E-state index contributed by atoms with van der Waals surface area (Å²) in [5, 5.41) is 0. The molecule has 1 unspecified atom stereocenters. The molecule has 1 atom stereocenters. The Morgan fingerprint density at radius 2 is 2.39 bits per heavy atom. The smallest absolute Gasteiger partial charge is 0.221 e. The number of piperidine rings is 1. The lowest BCUT2D eigenvalue weighted by Gasteiger charge is -2.31. The Kier molecular flexibility index (Phi) is 4.11. The molecule has 6 heteroatoms. The molecule has 0 radical (unpaired) electrons.